The van der Waals surface area contributed by atoms with E-state index < -0.39 is 5.97 Å². The summed E-state index contributed by atoms with van der Waals surface area (Å²) in [6, 6.07) is 6.21. The second-order valence-electron chi connectivity index (χ2n) is 5.18. The fourth-order valence-corrected chi connectivity index (χ4v) is 2.79. The molecule has 0 amide bonds. The zero-order chi connectivity index (χ0) is 15.5. The summed E-state index contributed by atoms with van der Waals surface area (Å²) < 4.78 is 4.90. The van der Waals surface area contributed by atoms with E-state index in [9.17, 15) is 4.79 Å². The summed E-state index contributed by atoms with van der Waals surface area (Å²) in [4.78, 5) is 19.9. The van der Waals surface area contributed by atoms with Crippen LogP contribution in [0.1, 0.15) is 28.4 Å². The maximum absolute atomic E-state index is 11.5. The summed E-state index contributed by atoms with van der Waals surface area (Å²) in [6.07, 6.45) is 4.76. The van der Waals surface area contributed by atoms with Crippen molar-refractivity contribution in [3.63, 3.8) is 0 Å². The molecule has 0 aliphatic heterocycles. The fourth-order valence-electron chi connectivity index (χ4n) is 2.59. The van der Waals surface area contributed by atoms with Crippen molar-refractivity contribution in [2.24, 2.45) is 0 Å². The number of hydrogen-bond acceptors (Lipinski definition) is 5. The number of nitrogens with one attached hydrogen (secondary N) is 1. The lowest BCUT2D eigenvalue weighted by molar-refractivity contribution is 0.0525. The molecule has 22 heavy (non-hydrogen) atoms. The van der Waals surface area contributed by atoms with Crippen LogP contribution >= 0.6 is 11.6 Å². The van der Waals surface area contributed by atoms with E-state index in [1.165, 1.54) is 23.5 Å². The van der Waals surface area contributed by atoms with Gasteiger partial charge in [0.25, 0.3) is 0 Å². The molecule has 0 saturated heterocycles. The van der Waals surface area contributed by atoms with Crippen LogP contribution in [0.5, 0.6) is 0 Å². The number of carbonyl (C=O) groups excluding carboxylic acids is 1. The van der Waals surface area contributed by atoms with E-state index in [0.29, 0.717) is 18.1 Å². The van der Waals surface area contributed by atoms with Crippen LogP contribution in [0.2, 0.25) is 5.02 Å². The Morgan fingerprint density at radius 3 is 2.77 bits per heavy atom. The maximum Gasteiger partial charge on any atom is 0.341 e. The molecular weight excluding hydrogens is 302 g/mol. The number of nitrogens with zero attached hydrogens (tertiary/aromatic N) is 2. The highest BCUT2D eigenvalue weighted by Gasteiger charge is 2.22. The monoisotopic (exact) mass is 317 g/mol. The number of rotatable bonds is 4. The van der Waals surface area contributed by atoms with Crippen LogP contribution in [0.4, 0.5) is 5.95 Å². The van der Waals surface area contributed by atoms with Gasteiger partial charge in [-0.15, -0.1) is 0 Å². The third kappa shape index (κ3) is 3.20. The summed E-state index contributed by atoms with van der Waals surface area (Å²) in [5, 5.41) is 4.05. The highest BCUT2D eigenvalue weighted by Crippen LogP contribution is 2.26. The SMILES string of the molecule is CCOC(=O)c1cnc(N[C@@H]2Cc3ccc(Cl)cc3C2)nc1. The van der Waals surface area contributed by atoms with Gasteiger partial charge in [-0.2, -0.15) is 0 Å². The minimum atomic E-state index is -0.406. The summed E-state index contributed by atoms with van der Waals surface area (Å²) >= 11 is 6.02. The van der Waals surface area contributed by atoms with Gasteiger partial charge in [0.2, 0.25) is 5.95 Å². The lowest BCUT2D eigenvalue weighted by Crippen LogP contribution is -2.21. The van der Waals surface area contributed by atoms with Gasteiger partial charge in [0.1, 0.15) is 0 Å². The van der Waals surface area contributed by atoms with Crippen molar-refractivity contribution < 1.29 is 9.53 Å². The molecule has 1 N–H and O–H groups in total. The molecule has 6 heteroatoms. The van der Waals surface area contributed by atoms with Gasteiger partial charge >= 0.3 is 5.97 Å². The van der Waals surface area contributed by atoms with Crippen molar-refractivity contribution in [3.05, 3.63) is 52.3 Å². The van der Waals surface area contributed by atoms with Crippen molar-refractivity contribution in [2.75, 3.05) is 11.9 Å². The molecule has 114 valence electrons. The zero-order valence-electron chi connectivity index (χ0n) is 12.2. The molecular formula is C16H16ClN3O2. The molecule has 0 saturated carbocycles. The molecule has 1 aliphatic carbocycles. The molecule has 0 unspecified atom stereocenters. The lowest BCUT2D eigenvalue weighted by atomic mass is 10.1. The predicted octanol–water partition coefficient (Wildman–Crippen LogP) is 2.89. The Hall–Kier alpha value is -2.14. The number of esters is 1. The van der Waals surface area contributed by atoms with Gasteiger partial charge in [0.15, 0.2) is 0 Å². The van der Waals surface area contributed by atoms with Gasteiger partial charge in [-0.1, -0.05) is 17.7 Å². The molecule has 3 rings (SSSR count). The standard InChI is InChI=1S/C16H16ClN3O2/c1-2-22-15(21)12-8-18-16(19-9-12)20-14-6-10-3-4-13(17)5-11(10)7-14/h3-5,8-9,14H,2,6-7H2,1H3,(H,18,19,20)/t14-/m1/s1. The average Bonchev–Trinajstić information content (AvgIpc) is 2.89. The van der Waals surface area contributed by atoms with Crippen LogP contribution in [0.3, 0.4) is 0 Å². The first-order valence-corrected chi connectivity index (χ1v) is 7.56. The number of fused-ring (bicyclic) bond motifs is 1. The summed E-state index contributed by atoms with van der Waals surface area (Å²) in [5.74, 6) is 0.105. The third-order valence-electron chi connectivity index (χ3n) is 3.60. The van der Waals surface area contributed by atoms with Gasteiger partial charge in [-0.3, -0.25) is 0 Å². The van der Waals surface area contributed by atoms with Crippen LogP contribution in [0.25, 0.3) is 0 Å². The van der Waals surface area contributed by atoms with Gasteiger partial charge in [-0.05, 0) is 43.0 Å². The van der Waals surface area contributed by atoms with E-state index in [0.717, 1.165) is 17.9 Å². The third-order valence-corrected chi connectivity index (χ3v) is 3.83. The minimum absolute atomic E-state index is 0.238. The zero-order valence-corrected chi connectivity index (χ0v) is 12.9. The number of ether oxygens (including phenoxy) is 1. The van der Waals surface area contributed by atoms with E-state index in [1.54, 1.807) is 6.92 Å². The first-order valence-electron chi connectivity index (χ1n) is 7.18. The Kier molecular flexibility index (Phi) is 4.24. The van der Waals surface area contributed by atoms with Gasteiger partial charge in [0, 0.05) is 23.5 Å². The van der Waals surface area contributed by atoms with Crippen LogP contribution in [-0.4, -0.2) is 28.6 Å². The van der Waals surface area contributed by atoms with Gasteiger partial charge < -0.3 is 10.1 Å². The largest absolute Gasteiger partial charge is 0.462 e. The molecule has 1 aliphatic rings. The van der Waals surface area contributed by atoms with Crippen LogP contribution in [0, 0.1) is 0 Å². The first-order chi connectivity index (χ1) is 10.7. The second kappa shape index (κ2) is 6.32. The molecule has 5 nitrogen and oxygen atoms in total. The molecule has 0 spiro atoms. The minimum Gasteiger partial charge on any atom is -0.462 e. The highest BCUT2D eigenvalue weighted by molar-refractivity contribution is 6.30. The van der Waals surface area contributed by atoms with Crippen LogP contribution < -0.4 is 5.32 Å². The number of hydrogen-bond donors (Lipinski definition) is 1. The molecule has 1 aromatic carbocycles. The summed E-state index contributed by atoms with van der Waals surface area (Å²) in [6.45, 7) is 2.10. The van der Waals surface area contributed by atoms with Crippen LogP contribution in [0.15, 0.2) is 30.6 Å². The average molecular weight is 318 g/mol. The van der Waals surface area contributed by atoms with Gasteiger partial charge in [0.05, 0.1) is 12.2 Å². The number of benzene rings is 1. The Bertz CT molecular complexity index is 688. The van der Waals surface area contributed by atoms with E-state index in [4.69, 9.17) is 16.3 Å². The molecule has 0 fully saturated rings. The second-order valence-corrected chi connectivity index (χ2v) is 5.61. The number of carbonyl (C=O) groups is 1. The van der Waals surface area contributed by atoms with Crippen LogP contribution in [-0.2, 0) is 17.6 Å². The summed E-state index contributed by atoms with van der Waals surface area (Å²) in [5.41, 5.74) is 2.91. The van der Waals surface area contributed by atoms with Crippen molar-refractivity contribution in [1.82, 2.24) is 9.97 Å². The van der Waals surface area contributed by atoms with E-state index in [2.05, 4.69) is 21.4 Å². The van der Waals surface area contributed by atoms with E-state index in [1.807, 2.05) is 12.1 Å². The molecule has 0 bridgehead atoms. The molecule has 1 heterocycles. The molecule has 0 radical (unpaired) electrons. The lowest BCUT2D eigenvalue weighted by Gasteiger charge is -2.11. The number of anilines is 1. The quantitative estimate of drug-likeness (QED) is 0.878. The van der Waals surface area contributed by atoms with Crippen molar-refractivity contribution in [3.8, 4) is 0 Å². The molecule has 2 aromatic rings. The Balaban J connectivity index is 1.64. The van der Waals surface area contributed by atoms with Crippen molar-refractivity contribution in [2.45, 2.75) is 25.8 Å². The van der Waals surface area contributed by atoms with Gasteiger partial charge in [-0.25, -0.2) is 14.8 Å². The number of aromatic nitrogens is 2. The molecule has 1 aromatic heterocycles. The van der Waals surface area contributed by atoms with Crippen molar-refractivity contribution >= 4 is 23.5 Å². The number of halogens is 1. The summed E-state index contributed by atoms with van der Waals surface area (Å²) in [7, 11) is 0. The maximum atomic E-state index is 11.5. The Morgan fingerprint density at radius 2 is 2.05 bits per heavy atom. The normalized spacial score (nSPS) is 16.2. The molecule has 1 atom stereocenters. The Morgan fingerprint density at radius 1 is 1.32 bits per heavy atom. The van der Waals surface area contributed by atoms with Crippen molar-refractivity contribution in [1.29, 1.82) is 0 Å². The first kappa shape index (κ1) is 14.8. The predicted molar refractivity (Wildman–Crippen MR) is 84.3 cm³/mol. The van der Waals surface area contributed by atoms with E-state index >= 15 is 0 Å². The highest BCUT2D eigenvalue weighted by atomic mass is 35.5. The topological polar surface area (TPSA) is 64.1 Å². The smallest absolute Gasteiger partial charge is 0.341 e. The Labute approximate surface area is 133 Å². The fraction of sp³-hybridized carbons (Fsp3) is 0.312. The van der Waals surface area contributed by atoms with E-state index in [-0.39, 0.29) is 6.04 Å².